The van der Waals surface area contributed by atoms with Gasteiger partial charge in [-0.2, -0.15) is 9.57 Å². The van der Waals surface area contributed by atoms with E-state index in [1.807, 2.05) is 36.4 Å². The van der Waals surface area contributed by atoms with E-state index >= 15 is 0 Å². The molecule has 1 aliphatic rings. The second-order valence-electron chi connectivity index (χ2n) is 6.14. The lowest BCUT2D eigenvalue weighted by Crippen LogP contribution is -2.41. The van der Waals surface area contributed by atoms with Gasteiger partial charge >= 0.3 is 0 Å². The van der Waals surface area contributed by atoms with Gasteiger partial charge < -0.3 is 5.32 Å². The standard InChI is InChI=1S/C19H19N3O3S/c20-14-16-6-4-5-9-18(16)26(24,25)22-12-10-15(11-13-22)19(23)21-17-7-2-1-3-8-17/h1-9,15H,10-13H2,(H,21,23). The van der Waals surface area contributed by atoms with Crippen molar-refractivity contribution < 1.29 is 13.2 Å². The first-order valence-corrected chi connectivity index (χ1v) is 9.81. The van der Waals surface area contributed by atoms with Crippen LogP contribution in [0.1, 0.15) is 18.4 Å². The Morgan fingerprint density at radius 1 is 1.04 bits per heavy atom. The van der Waals surface area contributed by atoms with Crippen LogP contribution in [0.25, 0.3) is 0 Å². The molecule has 1 aliphatic heterocycles. The molecule has 2 aromatic rings. The highest BCUT2D eigenvalue weighted by atomic mass is 32.2. The molecule has 1 heterocycles. The maximum Gasteiger partial charge on any atom is 0.244 e. The molecule has 0 atom stereocenters. The molecule has 0 radical (unpaired) electrons. The summed E-state index contributed by atoms with van der Waals surface area (Å²) in [7, 11) is -3.73. The summed E-state index contributed by atoms with van der Waals surface area (Å²) in [6.45, 7) is 0.518. The van der Waals surface area contributed by atoms with Crippen molar-refractivity contribution in [1.82, 2.24) is 4.31 Å². The summed E-state index contributed by atoms with van der Waals surface area (Å²) in [6, 6.07) is 17.3. The van der Waals surface area contributed by atoms with E-state index < -0.39 is 10.0 Å². The van der Waals surface area contributed by atoms with Gasteiger partial charge in [0, 0.05) is 24.7 Å². The molecule has 3 rings (SSSR count). The van der Waals surface area contributed by atoms with E-state index in [0.29, 0.717) is 12.8 Å². The summed E-state index contributed by atoms with van der Waals surface area (Å²) in [5.41, 5.74) is 0.868. The zero-order valence-corrected chi connectivity index (χ0v) is 14.9. The average molecular weight is 369 g/mol. The molecule has 0 aliphatic carbocycles. The predicted molar refractivity (Wildman–Crippen MR) is 97.7 cm³/mol. The maximum atomic E-state index is 12.8. The van der Waals surface area contributed by atoms with Crippen molar-refractivity contribution in [2.45, 2.75) is 17.7 Å². The van der Waals surface area contributed by atoms with Crippen LogP contribution in [0.3, 0.4) is 0 Å². The van der Waals surface area contributed by atoms with Crippen LogP contribution >= 0.6 is 0 Å². The number of carbonyl (C=O) groups is 1. The molecule has 134 valence electrons. The van der Waals surface area contributed by atoms with Crippen molar-refractivity contribution in [2.24, 2.45) is 5.92 Å². The van der Waals surface area contributed by atoms with Crippen molar-refractivity contribution >= 4 is 21.6 Å². The third kappa shape index (κ3) is 3.77. The largest absolute Gasteiger partial charge is 0.326 e. The van der Waals surface area contributed by atoms with Crippen LogP contribution in [0.15, 0.2) is 59.5 Å². The van der Waals surface area contributed by atoms with Crippen LogP contribution in [0.2, 0.25) is 0 Å². The average Bonchev–Trinajstić information content (AvgIpc) is 2.68. The summed E-state index contributed by atoms with van der Waals surface area (Å²) in [5.74, 6) is -0.321. The number of anilines is 1. The number of carbonyl (C=O) groups excluding carboxylic acids is 1. The number of benzene rings is 2. The van der Waals surface area contributed by atoms with Gasteiger partial charge in [0.05, 0.1) is 10.5 Å². The van der Waals surface area contributed by atoms with Crippen molar-refractivity contribution in [3.63, 3.8) is 0 Å². The van der Waals surface area contributed by atoms with Crippen LogP contribution < -0.4 is 5.32 Å². The fourth-order valence-electron chi connectivity index (χ4n) is 3.05. The highest BCUT2D eigenvalue weighted by Gasteiger charge is 2.33. The summed E-state index contributed by atoms with van der Waals surface area (Å²) >= 11 is 0. The van der Waals surface area contributed by atoms with Crippen molar-refractivity contribution in [1.29, 1.82) is 5.26 Å². The van der Waals surface area contributed by atoms with E-state index in [2.05, 4.69) is 5.32 Å². The molecule has 0 unspecified atom stereocenters. The van der Waals surface area contributed by atoms with Gasteiger partial charge in [0.2, 0.25) is 15.9 Å². The number of nitrogens with zero attached hydrogens (tertiary/aromatic N) is 2. The van der Waals surface area contributed by atoms with E-state index in [4.69, 9.17) is 5.26 Å². The predicted octanol–water partition coefficient (Wildman–Crippen LogP) is 2.60. The lowest BCUT2D eigenvalue weighted by Gasteiger charge is -2.30. The fraction of sp³-hybridized carbons (Fsp3) is 0.263. The topological polar surface area (TPSA) is 90.3 Å². The van der Waals surface area contributed by atoms with E-state index in [0.717, 1.165) is 5.69 Å². The minimum absolute atomic E-state index is 0.0229. The SMILES string of the molecule is N#Cc1ccccc1S(=O)(=O)N1CCC(C(=O)Nc2ccccc2)CC1. The molecular weight excluding hydrogens is 350 g/mol. The molecular formula is C19H19N3O3S. The number of nitriles is 1. The van der Waals surface area contributed by atoms with Crippen LogP contribution in [-0.2, 0) is 14.8 Å². The van der Waals surface area contributed by atoms with Gasteiger partial charge in [-0.05, 0) is 37.1 Å². The van der Waals surface area contributed by atoms with Gasteiger partial charge in [0.25, 0.3) is 0 Å². The van der Waals surface area contributed by atoms with Gasteiger partial charge in [-0.25, -0.2) is 8.42 Å². The van der Waals surface area contributed by atoms with Gasteiger partial charge in [-0.15, -0.1) is 0 Å². The summed E-state index contributed by atoms with van der Waals surface area (Å²) < 4.78 is 27.0. The van der Waals surface area contributed by atoms with Gasteiger partial charge in [0.1, 0.15) is 6.07 Å². The third-order valence-electron chi connectivity index (χ3n) is 4.49. The number of hydrogen-bond donors (Lipinski definition) is 1. The molecule has 0 aromatic heterocycles. The zero-order chi connectivity index (χ0) is 18.6. The van der Waals surface area contributed by atoms with E-state index in [-0.39, 0.29) is 35.4 Å². The Hall–Kier alpha value is -2.69. The van der Waals surface area contributed by atoms with Crippen molar-refractivity contribution in [3.8, 4) is 6.07 Å². The zero-order valence-electron chi connectivity index (χ0n) is 14.1. The Morgan fingerprint density at radius 2 is 1.65 bits per heavy atom. The Bertz CT molecular complexity index is 928. The summed E-state index contributed by atoms with van der Waals surface area (Å²) in [4.78, 5) is 12.4. The normalized spacial score (nSPS) is 16.0. The molecule has 2 aromatic carbocycles. The lowest BCUT2D eigenvalue weighted by atomic mass is 9.97. The molecule has 7 heteroatoms. The van der Waals surface area contributed by atoms with E-state index in [1.165, 1.54) is 16.4 Å². The molecule has 0 spiro atoms. The number of piperidine rings is 1. The third-order valence-corrected chi connectivity index (χ3v) is 6.45. The highest BCUT2D eigenvalue weighted by Crippen LogP contribution is 2.26. The van der Waals surface area contributed by atoms with Gasteiger partial charge in [-0.1, -0.05) is 30.3 Å². The molecule has 1 N–H and O–H groups in total. The van der Waals surface area contributed by atoms with Crippen molar-refractivity contribution in [3.05, 3.63) is 60.2 Å². The van der Waals surface area contributed by atoms with Gasteiger partial charge in [0.15, 0.2) is 0 Å². The van der Waals surface area contributed by atoms with Crippen molar-refractivity contribution in [2.75, 3.05) is 18.4 Å². The summed E-state index contributed by atoms with van der Waals surface area (Å²) in [6.07, 6.45) is 0.902. The van der Waals surface area contributed by atoms with Gasteiger partial charge in [-0.3, -0.25) is 4.79 Å². The number of amides is 1. The van der Waals surface area contributed by atoms with Crippen LogP contribution in [0.4, 0.5) is 5.69 Å². The number of rotatable bonds is 4. The number of sulfonamides is 1. The Labute approximate surface area is 153 Å². The van der Waals surface area contributed by atoms with Crippen LogP contribution in [-0.4, -0.2) is 31.7 Å². The molecule has 26 heavy (non-hydrogen) atoms. The first kappa shape index (κ1) is 18.1. The number of nitrogens with one attached hydrogen (secondary N) is 1. The van der Waals surface area contributed by atoms with Crippen LogP contribution in [0, 0.1) is 17.2 Å². The molecule has 0 saturated carbocycles. The first-order valence-electron chi connectivity index (χ1n) is 8.37. The second kappa shape index (κ2) is 7.68. The summed E-state index contributed by atoms with van der Waals surface area (Å²) in [5, 5.41) is 12.0. The molecule has 1 amide bonds. The van der Waals surface area contributed by atoms with Crippen LogP contribution in [0.5, 0.6) is 0 Å². The molecule has 6 nitrogen and oxygen atoms in total. The smallest absolute Gasteiger partial charge is 0.244 e. The first-order chi connectivity index (χ1) is 12.5. The minimum atomic E-state index is -3.73. The van der Waals surface area contributed by atoms with E-state index in [9.17, 15) is 13.2 Å². The molecule has 1 saturated heterocycles. The number of hydrogen-bond acceptors (Lipinski definition) is 4. The fourth-order valence-corrected chi connectivity index (χ4v) is 4.66. The lowest BCUT2D eigenvalue weighted by molar-refractivity contribution is -0.120. The monoisotopic (exact) mass is 369 g/mol. The second-order valence-corrected chi connectivity index (χ2v) is 8.05. The maximum absolute atomic E-state index is 12.8. The highest BCUT2D eigenvalue weighted by molar-refractivity contribution is 7.89. The molecule has 1 fully saturated rings. The molecule has 0 bridgehead atoms. The quantitative estimate of drug-likeness (QED) is 0.897. The Morgan fingerprint density at radius 3 is 2.31 bits per heavy atom. The number of para-hydroxylation sites is 1. The minimum Gasteiger partial charge on any atom is -0.326 e. The Balaban J connectivity index is 1.66. The Kier molecular flexibility index (Phi) is 5.35. The van der Waals surface area contributed by atoms with E-state index in [1.54, 1.807) is 12.1 Å².